The van der Waals surface area contributed by atoms with Crippen molar-refractivity contribution in [1.82, 2.24) is 0 Å². The average Bonchev–Trinajstić information content (AvgIpc) is 3.31. The van der Waals surface area contributed by atoms with E-state index in [1.165, 1.54) is 212 Å². The normalized spacial score (nSPS) is 12.1. The Morgan fingerprint density at radius 3 is 0.833 bits per heavy atom. The van der Waals surface area contributed by atoms with Gasteiger partial charge in [0.2, 0.25) is 0 Å². The van der Waals surface area contributed by atoms with Crippen LogP contribution in [0.5, 0.6) is 0 Å². The van der Waals surface area contributed by atoms with E-state index in [4.69, 9.17) is 14.2 Å². The number of hydrogen-bond donors (Lipinski definition) is 0. The molecule has 0 saturated carbocycles. The summed E-state index contributed by atoms with van der Waals surface area (Å²) in [6, 6.07) is 0. The number of allylic oxidation sites excluding steroid dienone is 4. The summed E-state index contributed by atoms with van der Waals surface area (Å²) in [5.74, 6) is -0.869. The third kappa shape index (κ3) is 52.9. The molecule has 0 aromatic rings. The van der Waals surface area contributed by atoms with Crippen molar-refractivity contribution in [3.63, 3.8) is 0 Å². The summed E-state index contributed by atoms with van der Waals surface area (Å²) in [6.45, 7) is 6.59. The first-order valence-electron chi connectivity index (χ1n) is 29.3. The molecule has 6 nitrogen and oxygen atoms in total. The molecule has 0 aromatic carbocycles. The van der Waals surface area contributed by atoms with E-state index in [-0.39, 0.29) is 31.1 Å². The van der Waals surface area contributed by atoms with E-state index >= 15 is 0 Å². The molecule has 0 aromatic heterocycles. The quantitative estimate of drug-likeness (QED) is 0.0262. The van der Waals surface area contributed by atoms with Crippen molar-refractivity contribution in [3.05, 3.63) is 24.3 Å². The molecule has 0 aliphatic rings. The Bertz CT molecular complexity index is 1070. The third-order valence-electron chi connectivity index (χ3n) is 13.2. The maximum atomic E-state index is 12.8. The maximum absolute atomic E-state index is 12.8. The number of esters is 3. The largest absolute Gasteiger partial charge is 0.462 e. The molecule has 6 heteroatoms. The van der Waals surface area contributed by atoms with Crippen LogP contribution in [0.1, 0.15) is 323 Å². The lowest BCUT2D eigenvalue weighted by atomic mass is 10.0. The molecular formula is C60H112O6. The second-order valence-electron chi connectivity index (χ2n) is 19.9. The van der Waals surface area contributed by atoms with E-state index < -0.39 is 6.10 Å². The SMILES string of the molecule is CCCCCCC/C=C\C/C=C\CCCCCCCCCCCC(=O)OC(COC(=O)CCCCCCC)COC(=O)CCCCCCCCCCCCCCCCCCCCCCCC. The van der Waals surface area contributed by atoms with Gasteiger partial charge in [-0.25, -0.2) is 0 Å². The topological polar surface area (TPSA) is 78.9 Å². The molecule has 0 saturated heterocycles. The van der Waals surface area contributed by atoms with Gasteiger partial charge in [0.25, 0.3) is 0 Å². The highest BCUT2D eigenvalue weighted by Gasteiger charge is 2.19. The molecule has 0 aliphatic carbocycles. The molecule has 66 heavy (non-hydrogen) atoms. The Kier molecular flexibility index (Phi) is 53.7. The van der Waals surface area contributed by atoms with Crippen molar-refractivity contribution >= 4 is 17.9 Å². The van der Waals surface area contributed by atoms with Crippen molar-refractivity contribution in [2.24, 2.45) is 0 Å². The minimum Gasteiger partial charge on any atom is -0.462 e. The van der Waals surface area contributed by atoms with Gasteiger partial charge in [0.05, 0.1) is 0 Å². The van der Waals surface area contributed by atoms with Gasteiger partial charge in [0.15, 0.2) is 6.10 Å². The zero-order chi connectivity index (χ0) is 47.9. The number of carbonyl (C=O) groups excluding carboxylic acids is 3. The molecule has 0 rings (SSSR count). The lowest BCUT2D eigenvalue weighted by Gasteiger charge is -2.18. The molecule has 388 valence electrons. The van der Waals surface area contributed by atoms with Crippen LogP contribution in [-0.2, 0) is 28.6 Å². The van der Waals surface area contributed by atoms with Crippen LogP contribution in [0.15, 0.2) is 24.3 Å². The Hall–Kier alpha value is -2.11. The van der Waals surface area contributed by atoms with Crippen molar-refractivity contribution in [1.29, 1.82) is 0 Å². The monoisotopic (exact) mass is 929 g/mol. The summed E-state index contributed by atoms with van der Waals surface area (Å²) in [4.78, 5) is 37.8. The standard InChI is InChI=1S/C60H112O6/c1-4-7-10-13-15-17-19-21-23-25-27-29-31-32-34-36-38-40-42-44-47-50-53-59(62)65-56-57(55-64-58(61)52-49-46-12-9-6-3)66-60(63)54-51-48-45-43-41-39-37-35-33-30-28-26-24-22-20-18-16-14-11-8-5-2/h20,22,26,28,57H,4-19,21,23-25,27,29-56H2,1-3H3/b22-20-,28-26-. The minimum atomic E-state index is -0.766. The zero-order valence-electron chi connectivity index (χ0n) is 44.5. The molecule has 0 spiro atoms. The van der Waals surface area contributed by atoms with Gasteiger partial charge in [-0.15, -0.1) is 0 Å². The van der Waals surface area contributed by atoms with Gasteiger partial charge in [0.1, 0.15) is 13.2 Å². The highest BCUT2D eigenvalue weighted by atomic mass is 16.6. The van der Waals surface area contributed by atoms with Crippen LogP contribution in [0, 0.1) is 0 Å². The summed E-state index contributed by atoms with van der Waals surface area (Å²) in [5.41, 5.74) is 0. The van der Waals surface area contributed by atoms with E-state index in [1.807, 2.05) is 0 Å². The van der Waals surface area contributed by atoms with Crippen molar-refractivity contribution < 1.29 is 28.6 Å². The summed E-state index contributed by atoms with van der Waals surface area (Å²) >= 11 is 0. The highest BCUT2D eigenvalue weighted by Crippen LogP contribution is 2.17. The molecule has 0 radical (unpaired) electrons. The lowest BCUT2D eigenvalue weighted by Crippen LogP contribution is -2.30. The average molecular weight is 930 g/mol. The van der Waals surface area contributed by atoms with Crippen LogP contribution in [0.25, 0.3) is 0 Å². The van der Waals surface area contributed by atoms with Crippen LogP contribution >= 0.6 is 0 Å². The van der Waals surface area contributed by atoms with Crippen molar-refractivity contribution in [2.75, 3.05) is 13.2 Å². The van der Waals surface area contributed by atoms with Gasteiger partial charge in [0, 0.05) is 19.3 Å². The third-order valence-corrected chi connectivity index (χ3v) is 13.2. The van der Waals surface area contributed by atoms with Gasteiger partial charge in [-0.05, 0) is 51.4 Å². The Morgan fingerprint density at radius 2 is 0.545 bits per heavy atom. The lowest BCUT2D eigenvalue weighted by molar-refractivity contribution is -0.167. The molecular weight excluding hydrogens is 817 g/mol. The van der Waals surface area contributed by atoms with Gasteiger partial charge in [-0.2, -0.15) is 0 Å². The van der Waals surface area contributed by atoms with E-state index in [0.717, 1.165) is 70.6 Å². The smallest absolute Gasteiger partial charge is 0.306 e. The van der Waals surface area contributed by atoms with E-state index in [1.54, 1.807) is 0 Å². The van der Waals surface area contributed by atoms with Crippen molar-refractivity contribution in [3.8, 4) is 0 Å². The van der Waals surface area contributed by atoms with E-state index in [2.05, 4.69) is 45.1 Å². The summed E-state index contributed by atoms with van der Waals surface area (Å²) in [5, 5.41) is 0. The summed E-state index contributed by atoms with van der Waals surface area (Å²) in [6.07, 6.45) is 65.1. The van der Waals surface area contributed by atoms with Crippen LogP contribution in [0.2, 0.25) is 0 Å². The first kappa shape index (κ1) is 63.9. The molecule has 0 amide bonds. The highest BCUT2D eigenvalue weighted by molar-refractivity contribution is 5.71. The molecule has 0 fully saturated rings. The van der Waals surface area contributed by atoms with E-state index in [9.17, 15) is 14.4 Å². The zero-order valence-corrected chi connectivity index (χ0v) is 44.5. The fourth-order valence-corrected chi connectivity index (χ4v) is 8.77. The molecule has 0 aliphatic heterocycles. The molecule has 0 heterocycles. The number of carbonyl (C=O) groups is 3. The second kappa shape index (κ2) is 55.5. The number of hydrogen-bond acceptors (Lipinski definition) is 6. The first-order chi connectivity index (χ1) is 32.5. The second-order valence-corrected chi connectivity index (χ2v) is 19.9. The van der Waals surface area contributed by atoms with Crippen molar-refractivity contribution in [2.45, 2.75) is 329 Å². The van der Waals surface area contributed by atoms with Crippen LogP contribution < -0.4 is 0 Å². The fourth-order valence-electron chi connectivity index (χ4n) is 8.77. The number of unbranched alkanes of at least 4 members (excludes halogenated alkanes) is 39. The first-order valence-corrected chi connectivity index (χ1v) is 29.3. The Morgan fingerprint density at radius 1 is 0.303 bits per heavy atom. The van der Waals surface area contributed by atoms with Crippen LogP contribution in [-0.4, -0.2) is 37.2 Å². The number of rotatable bonds is 54. The maximum Gasteiger partial charge on any atom is 0.306 e. The predicted octanol–water partition coefficient (Wildman–Crippen LogP) is 19.5. The summed E-state index contributed by atoms with van der Waals surface area (Å²) in [7, 11) is 0. The van der Waals surface area contributed by atoms with Crippen LogP contribution in [0.4, 0.5) is 0 Å². The Labute approximate surface area is 411 Å². The van der Waals surface area contributed by atoms with Gasteiger partial charge in [-0.3, -0.25) is 14.4 Å². The molecule has 0 N–H and O–H groups in total. The predicted molar refractivity (Wildman–Crippen MR) is 284 cm³/mol. The fraction of sp³-hybridized carbons (Fsp3) is 0.883. The molecule has 1 atom stereocenters. The van der Waals surface area contributed by atoms with E-state index in [0.29, 0.717) is 19.3 Å². The van der Waals surface area contributed by atoms with Gasteiger partial charge >= 0.3 is 17.9 Å². The summed E-state index contributed by atoms with van der Waals surface area (Å²) < 4.78 is 16.7. The van der Waals surface area contributed by atoms with Gasteiger partial charge in [-0.1, -0.05) is 276 Å². The number of ether oxygens (including phenoxy) is 3. The van der Waals surface area contributed by atoms with Gasteiger partial charge < -0.3 is 14.2 Å². The Balaban J connectivity index is 4.05. The molecule has 1 unspecified atom stereocenters. The van der Waals surface area contributed by atoms with Crippen LogP contribution in [0.3, 0.4) is 0 Å². The molecule has 0 bridgehead atoms. The minimum absolute atomic E-state index is 0.0688.